The Hall–Kier alpha value is -2.02. The fourth-order valence-electron chi connectivity index (χ4n) is 1.56. The largest absolute Gasteiger partial charge is 0.493 e. The number of carboxylic acids is 1. The fraction of sp³-hybridized carbons (Fsp3) is 0.200. The number of anilines is 1. The third-order valence-electron chi connectivity index (χ3n) is 2.26. The first kappa shape index (κ1) is 11.5. The maximum absolute atomic E-state index is 11.1. The van der Waals surface area contributed by atoms with Crippen LogP contribution >= 0.6 is 11.3 Å². The Balaban J connectivity index is 2.88. The van der Waals surface area contributed by atoms with Gasteiger partial charge >= 0.3 is 5.97 Å². The van der Waals surface area contributed by atoms with Crippen molar-refractivity contribution in [3.05, 3.63) is 11.6 Å². The van der Waals surface area contributed by atoms with Gasteiger partial charge in [-0.2, -0.15) is 0 Å². The summed E-state index contributed by atoms with van der Waals surface area (Å²) in [5.41, 5.74) is 5.96. The number of rotatable bonds is 3. The SMILES string of the molecule is COc1cc(C(=O)O)c2nc(N)sc2c1OC. The number of methoxy groups -OCH3 is 2. The van der Waals surface area contributed by atoms with Crippen molar-refractivity contribution in [2.45, 2.75) is 0 Å². The summed E-state index contributed by atoms with van der Waals surface area (Å²) in [6.07, 6.45) is 0. The molecule has 90 valence electrons. The van der Waals surface area contributed by atoms with Crippen LogP contribution in [-0.2, 0) is 0 Å². The zero-order chi connectivity index (χ0) is 12.6. The van der Waals surface area contributed by atoms with Gasteiger partial charge in [-0.25, -0.2) is 9.78 Å². The minimum atomic E-state index is -1.08. The van der Waals surface area contributed by atoms with Crippen LogP contribution in [0.2, 0.25) is 0 Å². The quantitative estimate of drug-likeness (QED) is 0.863. The molecule has 0 spiro atoms. The molecule has 1 aromatic carbocycles. The molecule has 3 N–H and O–H groups in total. The molecule has 0 unspecified atom stereocenters. The van der Waals surface area contributed by atoms with Crippen molar-refractivity contribution in [1.29, 1.82) is 0 Å². The number of aromatic carboxylic acids is 1. The number of thiazole rings is 1. The fourth-order valence-corrected chi connectivity index (χ4v) is 2.43. The molecule has 2 rings (SSSR count). The predicted octanol–water partition coefficient (Wildman–Crippen LogP) is 1.59. The van der Waals surface area contributed by atoms with Gasteiger partial charge in [0.25, 0.3) is 0 Å². The number of nitrogens with zero attached hydrogens (tertiary/aromatic N) is 1. The number of nitrogens with two attached hydrogens (primary N) is 1. The normalized spacial score (nSPS) is 10.5. The molecule has 0 amide bonds. The van der Waals surface area contributed by atoms with E-state index in [1.807, 2.05) is 0 Å². The van der Waals surface area contributed by atoms with Crippen LogP contribution in [-0.4, -0.2) is 30.3 Å². The van der Waals surface area contributed by atoms with Crippen molar-refractivity contribution in [2.24, 2.45) is 0 Å². The molecule has 1 aromatic heterocycles. The lowest BCUT2D eigenvalue weighted by Gasteiger charge is -2.09. The van der Waals surface area contributed by atoms with E-state index in [0.717, 1.165) is 11.3 Å². The van der Waals surface area contributed by atoms with Crippen molar-refractivity contribution < 1.29 is 19.4 Å². The smallest absolute Gasteiger partial charge is 0.338 e. The van der Waals surface area contributed by atoms with Crippen molar-refractivity contribution in [3.63, 3.8) is 0 Å². The number of carboxylic acid groups (broad SMARTS) is 1. The molecular formula is C10H10N2O4S. The first-order valence-electron chi connectivity index (χ1n) is 4.62. The van der Waals surface area contributed by atoms with Gasteiger partial charge in [0.1, 0.15) is 10.2 Å². The summed E-state index contributed by atoms with van der Waals surface area (Å²) in [5, 5.41) is 9.39. The first-order chi connectivity index (χ1) is 8.08. The molecule has 1 heterocycles. The molecule has 0 saturated heterocycles. The maximum atomic E-state index is 11.1. The molecule has 0 aliphatic rings. The molecule has 7 heteroatoms. The Bertz CT molecular complexity index is 593. The lowest BCUT2D eigenvalue weighted by atomic mass is 10.1. The van der Waals surface area contributed by atoms with Crippen molar-refractivity contribution >= 4 is 32.7 Å². The molecule has 2 aromatic rings. The molecule has 0 aliphatic carbocycles. The highest BCUT2D eigenvalue weighted by molar-refractivity contribution is 7.22. The van der Waals surface area contributed by atoms with Gasteiger partial charge in [-0.05, 0) is 0 Å². The number of benzene rings is 1. The zero-order valence-corrected chi connectivity index (χ0v) is 10.00. The van der Waals surface area contributed by atoms with Crippen molar-refractivity contribution in [2.75, 3.05) is 20.0 Å². The van der Waals surface area contributed by atoms with Crippen molar-refractivity contribution in [1.82, 2.24) is 4.98 Å². The summed E-state index contributed by atoms with van der Waals surface area (Å²) in [5.74, 6) is -0.288. The average Bonchev–Trinajstić information content (AvgIpc) is 2.67. The number of aromatic nitrogens is 1. The monoisotopic (exact) mass is 254 g/mol. The number of hydrogen-bond donors (Lipinski definition) is 2. The van der Waals surface area contributed by atoms with Crippen LogP contribution < -0.4 is 15.2 Å². The van der Waals surface area contributed by atoms with Gasteiger partial charge in [-0.1, -0.05) is 11.3 Å². The summed E-state index contributed by atoms with van der Waals surface area (Å²) < 4.78 is 10.9. The van der Waals surface area contributed by atoms with Crippen LogP contribution in [0.4, 0.5) is 5.13 Å². The van der Waals surface area contributed by atoms with Gasteiger partial charge < -0.3 is 20.3 Å². The van der Waals surface area contributed by atoms with E-state index in [4.69, 9.17) is 20.3 Å². The van der Waals surface area contributed by atoms with Gasteiger partial charge in [0.05, 0.1) is 19.8 Å². The summed E-state index contributed by atoms with van der Waals surface area (Å²) in [6.45, 7) is 0. The van der Waals surface area contributed by atoms with E-state index < -0.39 is 5.97 Å². The number of ether oxygens (including phenoxy) is 2. The van der Waals surface area contributed by atoms with E-state index in [0.29, 0.717) is 21.7 Å². The third-order valence-corrected chi connectivity index (χ3v) is 3.14. The second kappa shape index (κ2) is 4.10. The summed E-state index contributed by atoms with van der Waals surface area (Å²) in [6, 6.07) is 1.38. The first-order valence-corrected chi connectivity index (χ1v) is 5.44. The lowest BCUT2D eigenvalue weighted by molar-refractivity contribution is 0.0698. The molecule has 0 saturated carbocycles. The molecule has 17 heavy (non-hydrogen) atoms. The van der Waals surface area contributed by atoms with Crippen LogP contribution in [0.1, 0.15) is 10.4 Å². The van der Waals surface area contributed by atoms with E-state index in [1.54, 1.807) is 0 Å². The Morgan fingerprint density at radius 2 is 2.18 bits per heavy atom. The number of fused-ring (bicyclic) bond motifs is 1. The molecule has 0 aliphatic heterocycles. The van der Waals surface area contributed by atoms with Gasteiger partial charge in [0.2, 0.25) is 0 Å². The van der Waals surface area contributed by atoms with E-state index in [1.165, 1.54) is 20.3 Å². The van der Waals surface area contributed by atoms with E-state index >= 15 is 0 Å². The number of nitrogen functional groups attached to an aromatic ring is 1. The molecule has 0 atom stereocenters. The number of hydrogen-bond acceptors (Lipinski definition) is 6. The second-order valence-electron chi connectivity index (χ2n) is 3.19. The van der Waals surface area contributed by atoms with Gasteiger partial charge in [0.15, 0.2) is 16.6 Å². The van der Waals surface area contributed by atoms with Crippen LogP contribution in [0.3, 0.4) is 0 Å². The molecule has 0 fully saturated rings. The Morgan fingerprint density at radius 3 is 2.71 bits per heavy atom. The minimum Gasteiger partial charge on any atom is -0.493 e. The van der Waals surface area contributed by atoms with E-state index in [9.17, 15) is 4.79 Å². The van der Waals surface area contributed by atoms with Crippen LogP contribution in [0.5, 0.6) is 11.5 Å². The van der Waals surface area contributed by atoms with Crippen LogP contribution in [0.25, 0.3) is 10.2 Å². The number of carbonyl (C=O) groups is 1. The third kappa shape index (κ3) is 1.74. The average molecular weight is 254 g/mol. The van der Waals surface area contributed by atoms with Crippen LogP contribution in [0, 0.1) is 0 Å². The second-order valence-corrected chi connectivity index (χ2v) is 4.23. The van der Waals surface area contributed by atoms with Crippen LogP contribution in [0.15, 0.2) is 6.07 Å². The minimum absolute atomic E-state index is 0.0469. The highest BCUT2D eigenvalue weighted by Crippen LogP contribution is 2.41. The lowest BCUT2D eigenvalue weighted by Crippen LogP contribution is -2.00. The highest BCUT2D eigenvalue weighted by Gasteiger charge is 2.20. The standard InChI is InChI=1S/C10H10N2O4S/c1-15-5-3-4(9(13)14)6-8(7(5)16-2)17-10(11)12-6/h3H,1-2H3,(H2,11,12)(H,13,14). The predicted molar refractivity (Wildman–Crippen MR) is 64.1 cm³/mol. The topological polar surface area (TPSA) is 94.7 Å². The summed E-state index contributed by atoms with van der Waals surface area (Å²) in [4.78, 5) is 15.1. The van der Waals surface area contributed by atoms with Crippen molar-refractivity contribution in [3.8, 4) is 11.5 Å². The Kier molecular flexibility index (Phi) is 2.76. The maximum Gasteiger partial charge on any atom is 0.338 e. The molecule has 0 bridgehead atoms. The Labute approximate surface area is 101 Å². The van der Waals surface area contributed by atoms with E-state index in [-0.39, 0.29) is 10.7 Å². The van der Waals surface area contributed by atoms with Gasteiger partial charge in [0, 0.05) is 6.07 Å². The Morgan fingerprint density at radius 1 is 1.47 bits per heavy atom. The van der Waals surface area contributed by atoms with E-state index in [2.05, 4.69) is 4.98 Å². The summed E-state index contributed by atoms with van der Waals surface area (Å²) in [7, 11) is 2.92. The zero-order valence-electron chi connectivity index (χ0n) is 9.18. The molecule has 0 radical (unpaired) electrons. The van der Waals surface area contributed by atoms with Gasteiger partial charge in [-0.3, -0.25) is 0 Å². The molecule has 6 nitrogen and oxygen atoms in total. The van der Waals surface area contributed by atoms with Gasteiger partial charge in [-0.15, -0.1) is 0 Å². The summed E-state index contributed by atoms with van der Waals surface area (Å²) >= 11 is 1.16. The highest BCUT2D eigenvalue weighted by atomic mass is 32.1. The molecular weight excluding hydrogens is 244 g/mol.